The van der Waals surface area contributed by atoms with Gasteiger partial charge in [0.05, 0.1) is 0 Å². The van der Waals surface area contributed by atoms with Crippen LogP contribution in [-0.4, -0.2) is 9.97 Å². The Morgan fingerprint density at radius 1 is 1.19 bits per heavy atom. The average Bonchev–Trinajstić information content (AvgIpc) is 2.25. The van der Waals surface area contributed by atoms with Gasteiger partial charge in [0, 0.05) is 17.7 Å². The maximum Gasteiger partial charge on any atom is 0.254 e. The number of aromatic nitrogens is 2. The van der Waals surface area contributed by atoms with E-state index in [1.54, 1.807) is 6.92 Å². The van der Waals surface area contributed by atoms with E-state index in [2.05, 4.69) is 9.97 Å². The van der Waals surface area contributed by atoms with Gasteiger partial charge < -0.3 is 4.98 Å². The van der Waals surface area contributed by atoms with Gasteiger partial charge in [-0.2, -0.15) is 0 Å². The number of nitrogens with one attached hydrogen (secondary N) is 1. The predicted molar refractivity (Wildman–Crippen MR) is 63.6 cm³/mol. The Hall–Kier alpha value is -1.90. The molecule has 0 radical (unpaired) electrons. The van der Waals surface area contributed by atoms with Gasteiger partial charge >= 0.3 is 0 Å². The molecule has 2 aromatic rings. The molecule has 1 aromatic heterocycles. The van der Waals surface area contributed by atoms with Gasteiger partial charge in [0.25, 0.3) is 5.56 Å². The number of rotatable bonds is 2. The third-order valence-electron chi connectivity index (χ3n) is 2.56. The summed E-state index contributed by atoms with van der Waals surface area (Å²) in [4.78, 5) is 18.8. The maximum atomic E-state index is 11.8. The molecular weight excluding hydrogens is 200 g/mol. The van der Waals surface area contributed by atoms with E-state index in [-0.39, 0.29) is 5.56 Å². The molecule has 0 bridgehead atoms. The Kier molecular flexibility index (Phi) is 2.86. The minimum Gasteiger partial charge on any atom is -0.311 e. The Labute approximate surface area is 94.2 Å². The van der Waals surface area contributed by atoms with Crippen molar-refractivity contribution in [3.63, 3.8) is 0 Å². The second-order valence-electron chi connectivity index (χ2n) is 3.88. The molecule has 82 valence electrons. The van der Waals surface area contributed by atoms with Crippen molar-refractivity contribution in [1.29, 1.82) is 0 Å². The Bertz CT molecular complexity index is 544. The van der Waals surface area contributed by atoms with Gasteiger partial charge in [-0.3, -0.25) is 4.79 Å². The topological polar surface area (TPSA) is 45.8 Å². The van der Waals surface area contributed by atoms with Gasteiger partial charge in [-0.05, 0) is 19.4 Å². The van der Waals surface area contributed by atoms with Crippen LogP contribution in [0.2, 0.25) is 0 Å². The van der Waals surface area contributed by atoms with Crippen LogP contribution in [-0.2, 0) is 6.42 Å². The summed E-state index contributed by atoms with van der Waals surface area (Å²) in [6.07, 6.45) is 0.634. The molecule has 0 saturated heterocycles. The summed E-state index contributed by atoms with van der Waals surface area (Å²) in [5.41, 5.74) is 2.65. The number of hydrogen-bond acceptors (Lipinski definition) is 2. The quantitative estimate of drug-likeness (QED) is 0.830. The molecule has 0 amide bonds. The molecule has 1 aromatic carbocycles. The van der Waals surface area contributed by atoms with Crippen LogP contribution in [0, 0.1) is 13.8 Å². The highest BCUT2D eigenvalue weighted by atomic mass is 16.1. The van der Waals surface area contributed by atoms with Gasteiger partial charge in [-0.15, -0.1) is 0 Å². The summed E-state index contributed by atoms with van der Waals surface area (Å²) in [7, 11) is 0. The molecule has 0 aliphatic heterocycles. The lowest BCUT2D eigenvalue weighted by Gasteiger charge is -2.05. The van der Waals surface area contributed by atoms with E-state index in [1.165, 1.54) is 0 Å². The Balaban J connectivity index is 2.39. The summed E-state index contributed by atoms with van der Waals surface area (Å²) in [5.74, 6) is 0.666. The molecule has 16 heavy (non-hydrogen) atoms. The first kappa shape index (κ1) is 10.6. The minimum absolute atomic E-state index is 0.0335. The minimum atomic E-state index is -0.0335. The lowest BCUT2D eigenvalue weighted by molar-refractivity contribution is 0.928. The van der Waals surface area contributed by atoms with Gasteiger partial charge in [-0.1, -0.05) is 30.3 Å². The third kappa shape index (κ3) is 2.19. The van der Waals surface area contributed by atoms with Crippen molar-refractivity contribution in [2.75, 3.05) is 0 Å². The Morgan fingerprint density at radius 3 is 2.50 bits per heavy atom. The van der Waals surface area contributed by atoms with Gasteiger partial charge in [0.15, 0.2) is 0 Å². The normalized spacial score (nSPS) is 10.4. The van der Waals surface area contributed by atoms with Crippen LogP contribution in [0.25, 0.3) is 0 Å². The molecule has 2 rings (SSSR count). The van der Waals surface area contributed by atoms with E-state index < -0.39 is 0 Å². The van der Waals surface area contributed by atoms with Crippen LogP contribution >= 0.6 is 0 Å². The molecule has 1 heterocycles. The Morgan fingerprint density at radius 2 is 1.88 bits per heavy atom. The summed E-state index contributed by atoms with van der Waals surface area (Å²) < 4.78 is 0. The average molecular weight is 214 g/mol. The van der Waals surface area contributed by atoms with E-state index in [4.69, 9.17) is 0 Å². The predicted octanol–water partition coefficient (Wildman–Crippen LogP) is 1.98. The SMILES string of the molecule is Cc1nc(C)c(Cc2ccccc2)c(=O)[nH]1. The largest absolute Gasteiger partial charge is 0.311 e. The lowest BCUT2D eigenvalue weighted by Crippen LogP contribution is -2.17. The molecule has 3 heteroatoms. The van der Waals surface area contributed by atoms with Crippen molar-refractivity contribution >= 4 is 0 Å². The fourth-order valence-corrected chi connectivity index (χ4v) is 1.76. The van der Waals surface area contributed by atoms with Gasteiger partial charge in [0.1, 0.15) is 5.82 Å². The highest BCUT2D eigenvalue weighted by Gasteiger charge is 2.06. The molecule has 0 unspecified atom stereocenters. The summed E-state index contributed by atoms with van der Waals surface area (Å²) in [6.45, 7) is 3.67. The number of aryl methyl sites for hydroxylation is 2. The first-order valence-corrected chi connectivity index (χ1v) is 5.27. The van der Waals surface area contributed by atoms with Crippen LogP contribution in [0.1, 0.15) is 22.6 Å². The van der Waals surface area contributed by atoms with Crippen LogP contribution < -0.4 is 5.56 Å². The monoisotopic (exact) mass is 214 g/mol. The first-order chi connectivity index (χ1) is 7.66. The van der Waals surface area contributed by atoms with Crippen molar-refractivity contribution in [3.05, 3.63) is 63.3 Å². The van der Waals surface area contributed by atoms with Crippen molar-refractivity contribution in [1.82, 2.24) is 9.97 Å². The molecule has 1 N–H and O–H groups in total. The molecule has 0 atom stereocenters. The highest BCUT2D eigenvalue weighted by molar-refractivity contribution is 5.26. The fourth-order valence-electron chi connectivity index (χ4n) is 1.76. The van der Waals surface area contributed by atoms with E-state index >= 15 is 0 Å². The number of hydrogen-bond donors (Lipinski definition) is 1. The fraction of sp³-hybridized carbons (Fsp3) is 0.231. The zero-order valence-corrected chi connectivity index (χ0v) is 9.45. The standard InChI is InChI=1S/C13H14N2O/c1-9-12(13(16)15-10(2)14-9)8-11-6-4-3-5-7-11/h3-7H,8H2,1-2H3,(H,14,15,16). The summed E-state index contributed by atoms with van der Waals surface area (Å²) in [5, 5.41) is 0. The molecule has 3 nitrogen and oxygen atoms in total. The van der Waals surface area contributed by atoms with E-state index in [9.17, 15) is 4.79 Å². The first-order valence-electron chi connectivity index (χ1n) is 5.27. The molecule has 0 aliphatic rings. The molecule has 0 aliphatic carbocycles. The van der Waals surface area contributed by atoms with Crippen LogP contribution in [0.4, 0.5) is 0 Å². The molecule has 0 spiro atoms. The number of aromatic amines is 1. The molecule has 0 saturated carbocycles. The van der Waals surface area contributed by atoms with Gasteiger partial charge in [-0.25, -0.2) is 4.98 Å². The second kappa shape index (κ2) is 4.31. The maximum absolute atomic E-state index is 11.8. The van der Waals surface area contributed by atoms with Crippen molar-refractivity contribution < 1.29 is 0 Å². The van der Waals surface area contributed by atoms with Crippen molar-refractivity contribution in [3.8, 4) is 0 Å². The zero-order valence-electron chi connectivity index (χ0n) is 9.45. The number of H-pyrrole nitrogens is 1. The second-order valence-corrected chi connectivity index (χ2v) is 3.88. The third-order valence-corrected chi connectivity index (χ3v) is 2.56. The zero-order chi connectivity index (χ0) is 11.5. The van der Waals surface area contributed by atoms with E-state index in [0.717, 1.165) is 16.8 Å². The number of nitrogens with zero attached hydrogens (tertiary/aromatic N) is 1. The summed E-state index contributed by atoms with van der Waals surface area (Å²) in [6, 6.07) is 9.94. The van der Waals surface area contributed by atoms with Crippen LogP contribution in [0.3, 0.4) is 0 Å². The van der Waals surface area contributed by atoms with Gasteiger partial charge in [0.2, 0.25) is 0 Å². The van der Waals surface area contributed by atoms with E-state index in [0.29, 0.717) is 12.2 Å². The smallest absolute Gasteiger partial charge is 0.254 e. The highest BCUT2D eigenvalue weighted by Crippen LogP contribution is 2.07. The van der Waals surface area contributed by atoms with Crippen molar-refractivity contribution in [2.24, 2.45) is 0 Å². The number of benzene rings is 1. The van der Waals surface area contributed by atoms with E-state index in [1.807, 2.05) is 37.3 Å². The molecule has 0 fully saturated rings. The van der Waals surface area contributed by atoms with Crippen molar-refractivity contribution in [2.45, 2.75) is 20.3 Å². The molecular formula is C13H14N2O. The van der Waals surface area contributed by atoms with Crippen LogP contribution in [0.15, 0.2) is 35.1 Å². The summed E-state index contributed by atoms with van der Waals surface area (Å²) >= 11 is 0. The lowest BCUT2D eigenvalue weighted by atomic mass is 10.1. The van der Waals surface area contributed by atoms with Crippen LogP contribution in [0.5, 0.6) is 0 Å².